The number of carbonyl (C=O) groups is 1. The number of carbonyl (C=O) groups excluding carboxylic acids is 1. The molecule has 1 unspecified atom stereocenters. The molecule has 31 heavy (non-hydrogen) atoms. The van der Waals surface area contributed by atoms with E-state index in [4.69, 9.17) is 19.7 Å². The molecular weight excluding hydrogens is 396 g/mol. The van der Waals surface area contributed by atoms with Gasteiger partial charge in [0.1, 0.15) is 5.60 Å². The number of nitrogens with one attached hydrogen (secondary N) is 1. The van der Waals surface area contributed by atoms with Crippen LogP contribution in [-0.4, -0.2) is 50.7 Å². The number of unbranched alkanes of at least 4 members (excludes halogenated alkanes) is 5. The van der Waals surface area contributed by atoms with Crippen LogP contribution in [-0.2, 0) is 19.0 Å². The van der Waals surface area contributed by atoms with Crippen LogP contribution in [0.25, 0.3) is 10.4 Å². The molecule has 0 saturated heterocycles. The van der Waals surface area contributed by atoms with E-state index in [9.17, 15) is 4.79 Å². The van der Waals surface area contributed by atoms with Gasteiger partial charge in [-0.05, 0) is 70.5 Å². The molecule has 0 aliphatic rings. The molecule has 1 atom stereocenters. The van der Waals surface area contributed by atoms with Gasteiger partial charge in [0.2, 0.25) is 0 Å². The number of nitrogens with zero attached hydrogens (tertiary/aromatic N) is 3. The Kier molecular flexibility index (Phi) is 16.5. The van der Waals surface area contributed by atoms with E-state index in [1.807, 2.05) is 20.8 Å². The van der Waals surface area contributed by atoms with E-state index in [1.165, 1.54) is 19.3 Å². The van der Waals surface area contributed by atoms with Crippen molar-refractivity contribution in [1.82, 2.24) is 5.32 Å². The normalized spacial score (nSPS) is 13.0. The van der Waals surface area contributed by atoms with Crippen molar-refractivity contribution < 1.29 is 19.0 Å². The molecule has 0 rings (SSSR count). The zero-order chi connectivity index (χ0) is 23.6. The van der Waals surface area contributed by atoms with Gasteiger partial charge < -0.3 is 19.5 Å². The van der Waals surface area contributed by atoms with E-state index < -0.39 is 11.8 Å². The Morgan fingerprint density at radius 3 is 2.26 bits per heavy atom. The predicted molar refractivity (Wildman–Crippen MR) is 125 cm³/mol. The van der Waals surface area contributed by atoms with Crippen molar-refractivity contribution in [2.24, 2.45) is 10.5 Å². The van der Waals surface area contributed by atoms with Gasteiger partial charge in [-0.1, -0.05) is 45.1 Å². The van der Waals surface area contributed by atoms with Crippen molar-refractivity contribution in [1.29, 1.82) is 0 Å². The highest BCUT2D eigenvalue weighted by molar-refractivity contribution is 5.69. The summed E-state index contributed by atoms with van der Waals surface area (Å²) < 4.78 is 16.4. The molecule has 182 valence electrons. The minimum Gasteiger partial charge on any atom is -0.460 e. The van der Waals surface area contributed by atoms with Crippen molar-refractivity contribution in [3.05, 3.63) is 10.4 Å². The van der Waals surface area contributed by atoms with Crippen molar-refractivity contribution in [2.75, 3.05) is 32.9 Å². The summed E-state index contributed by atoms with van der Waals surface area (Å²) in [6.45, 7) is 15.7. The minimum absolute atomic E-state index is 0.205. The molecule has 1 N–H and O–H groups in total. The molecule has 0 spiro atoms. The van der Waals surface area contributed by atoms with E-state index >= 15 is 0 Å². The second kappa shape index (κ2) is 17.2. The van der Waals surface area contributed by atoms with Crippen LogP contribution in [0.5, 0.6) is 0 Å². The predicted octanol–water partition coefficient (Wildman–Crippen LogP) is 5.75. The number of azide groups is 1. The Morgan fingerprint density at radius 2 is 1.61 bits per heavy atom. The van der Waals surface area contributed by atoms with Crippen LogP contribution in [0.4, 0.5) is 0 Å². The van der Waals surface area contributed by atoms with Crippen molar-refractivity contribution in [3.8, 4) is 0 Å². The lowest BCUT2D eigenvalue weighted by Gasteiger charge is -2.19. The first kappa shape index (κ1) is 29.7. The highest BCUT2D eigenvalue weighted by Gasteiger charge is 2.15. The van der Waals surface area contributed by atoms with Gasteiger partial charge in [-0.25, -0.2) is 0 Å². The number of rotatable bonds is 18. The van der Waals surface area contributed by atoms with Gasteiger partial charge in [-0.3, -0.25) is 4.79 Å². The molecule has 0 fully saturated rings. The molecule has 0 aromatic rings. The molecule has 0 bridgehead atoms. The van der Waals surface area contributed by atoms with Crippen molar-refractivity contribution in [3.63, 3.8) is 0 Å². The molecule has 0 aromatic carbocycles. The van der Waals surface area contributed by atoms with Gasteiger partial charge in [0.25, 0.3) is 0 Å². The molecule has 0 aromatic heterocycles. The van der Waals surface area contributed by atoms with Gasteiger partial charge in [-0.2, -0.15) is 0 Å². The molecule has 0 aliphatic heterocycles. The Bertz CT molecular complexity index is 509. The van der Waals surface area contributed by atoms with Crippen LogP contribution in [0.3, 0.4) is 0 Å². The lowest BCUT2D eigenvalue weighted by molar-refractivity contribution is -0.155. The average molecular weight is 443 g/mol. The summed E-state index contributed by atoms with van der Waals surface area (Å²) in [6.07, 6.45) is 6.87. The van der Waals surface area contributed by atoms with Gasteiger partial charge in [0.05, 0.1) is 6.61 Å². The van der Waals surface area contributed by atoms with E-state index in [0.717, 1.165) is 25.9 Å². The third-order valence-corrected chi connectivity index (χ3v) is 4.24. The minimum atomic E-state index is -0.625. The molecular formula is C23H46N4O4. The van der Waals surface area contributed by atoms with Crippen molar-refractivity contribution >= 4 is 5.97 Å². The molecule has 8 nitrogen and oxygen atoms in total. The van der Waals surface area contributed by atoms with Gasteiger partial charge in [-0.15, -0.1) is 0 Å². The highest BCUT2D eigenvalue weighted by Crippen LogP contribution is 2.11. The topological polar surface area (TPSA) is 106 Å². The molecule has 0 aliphatic carbocycles. The maximum atomic E-state index is 11.7. The molecule has 8 heteroatoms. The molecule has 0 radical (unpaired) electrons. The first-order valence-corrected chi connectivity index (χ1v) is 11.7. The standard InChI is InChI=1S/C23H46N4O4/c1-22(2,3)19-25-15-11-8-7-9-12-16-29-18-20(26-27-24)30-17-13-10-14-21(28)31-23(4,5)6/h20,25H,7-19H2,1-6H3. The third kappa shape index (κ3) is 23.2. The summed E-state index contributed by atoms with van der Waals surface area (Å²) in [5.41, 5.74) is 8.57. The number of ether oxygens (including phenoxy) is 3. The van der Waals surface area contributed by atoms with Crippen LogP contribution in [0.1, 0.15) is 92.9 Å². The lowest BCUT2D eigenvalue weighted by Crippen LogP contribution is -2.27. The summed E-state index contributed by atoms with van der Waals surface area (Å²) in [5, 5.41) is 7.13. The summed E-state index contributed by atoms with van der Waals surface area (Å²) in [7, 11) is 0. The van der Waals surface area contributed by atoms with Gasteiger partial charge >= 0.3 is 5.97 Å². The first-order valence-electron chi connectivity index (χ1n) is 11.7. The average Bonchev–Trinajstić information content (AvgIpc) is 2.63. The largest absolute Gasteiger partial charge is 0.460 e. The van der Waals surface area contributed by atoms with E-state index in [2.05, 4.69) is 36.1 Å². The summed E-state index contributed by atoms with van der Waals surface area (Å²) >= 11 is 0. The number of esters is 1. The molecule has 0 saturated carbocycles. The fourth-order valence-electron chi connectivity index (χ4n) is 2.79. The lowest BCUT2D eigenvalue weighted by atomic mass is 9.97. The van der Waals surface area contributed by atoms with Gasteiger partial charge in [0.15, 0.2) is 6.23 Å². The van der Waals surface area contributed by atoms with E-state index in [-0.39, 0.29) is 12.6 Å². The highest BCUT2D eigenvalue weighted by atomic mass is 16.6. The van der Waals surface area contributed by atoms with Gasteiger partial charge in [0, 0.05) is 24.5 Å². The SMILES string of the molecule is CC(C)(C)CNCCCCCCCOCC(N=[N+]=[N-])OCCCCC(=O)OC(C)(C)C. The molecule has 0 heterocycles. The zero-order valence-corrected chi connectivity index (χ0v) is 20.7. The Labute approximate surface area is 189 Å². The molecule has 0 amide bonds. The number of hydrogen-bond acceptors (Lipinski definition) is 6. The maximum absolute atomic E-state index is 11.7. The van der Waals surface area contributed by atoms with Crippen molar-refractivity contribution in [2.45, 2.75) is 105 Å². The Hall–Kier alpha value is -1.34. The third-order valence-electron chi connectivity index (χ3n) is 4.24. The summed E-state index contributed by atoms with van der Waals surface area (Å²) in [4.78, 5) is 14.5. The maximum Gasteiger partial charge on any atom is 0.306 e. The quantitative estimate of drug-likeness (QED) is 0.0955. The monoisotopic (exact) mass is 442 g/mol. The second-order valence-corrected chi connectivity index (χ2v) is 10.2. The Morgan fingerprint density at radius 1 is 0.968 bits per heavy atom. The zero-order valence-electron chi connectivity index (χ0n) is 20.7. The second-order valence-electron chi connectivity index (χ2n) is 10.2. The van der Waals surface area contributed by atoms with Crippen LogP contribution in [0.15, 0.2) is 5.11 Å². The van der Waals surface area contributed by atoms with Crippen LogP contribution < -0.4 is 5.32 Å². The first-order chi connectivity index (χ1) is 14.5. The fourth-order valence-corrected chi connectivity index (χ4v) is 2.79. The van der Waals surface area contributed by atoms with E-state index in [0.29, 0.717) is 37.9 Å². The van der Waals surface area contributed by atoms with Crippen LogP contribution in [0.2, 0.25) is 0 Å². The van der Waals surface area contributed by atoms with Crippen LogP contribution in [0, 0.1) is 5.41 Å². The van der Waals surface area contributed by atoms with E-state index in [1.54, 1.807) is 0 Å². The smallest absolute Gasteiger partial charge is 0.306 e. The fraction of sp³-hybridized carbons (Fsp3) is 0.957. The Balaban J connectivity index is 3.64. The van der Waals surface area contributed by atoms with Crippen LogP contribution >= 0.6 is 0 Å². The summed E-state index contributed by atoms with van der Waals surface area (Å²) in [5.74, 6) is -0.205. The summed E-state index contributed by atoms with van der Waals surface area (Å²) in [6, 6.07) is 0. The number of hydrogen-bond donors (Lipinski definition) is 1.